The van der Waals surface area contributed by atoms with Crippen molar-refractivity contribution in [3.8, 4) is 0 Å². The predicted octanol–water partition coefficient (Wildman–Crippen LogP) is 3.40. The first kappa shape index (κ1) is 19.7. The Hall–Kier alpha value is -2.64. The van der Waals surface area contributed by atoms with Crippen molar-refractivity contribution >= 4 is 17.7 Å². The number of hydrogen-bond donors (Lipinski definition) is 2. The van der Waals surface area contributed by atoms with Crippen molar-refractivity contribution < 1.29 is 28.2 Å². The first-order valence-electron chi connectivity index (χ1n) is 8.39. The summed E-state index contributed by atoms with van der Waals surface area (Å²) in [6.45, 7) is 2.59. The van der Waals surface area contributed by atoms with E-state index in [1.54, 1.807) is 13.0 Å². The molecule has 1 aliphatic heterocycles. The molecule has 2 N–H and O–H groups in total. The molecular formula is C18H22F2N2O4. The normalized spacial score (nSPS) is 16.5. The Morgan fingerprint density at radius 2 is 2.00 bits per heavy atom. The van der Waals surface area contributed by atoms with Crippen molar-refractivity contribution in [2.45, 2.75) is 31.7 Å². The molecule has 0 radical (unpaired) electrons. The maximum Gasteiger partial charge on any atom is 0.407 e. The number of benzene rings is 1. The van der Waals surface area contributed by atoms with Crippen LogP contribution in [0.5, 0.6) is 0 Å². The minimum Gasteiger partial charge on any atom is -0.465 e. The van der Waals surface area contributed by atoms with E-state index in [0.717, 1.165) is 12.1 Å². The number of hydrogen-bond acceptors (Lipinski definition) is 4. The standard InChI is InChI=1S/C18H22F2N2O4/c1-2-26-16(23)4-3-7-18(8-10-22(11-9-18)17(24)25)21-13-5-6-14(19)15(20)12-13/h3-6,12,21H,2,7-11H2,1H3,(H,24,25). The van der Waals surface area contributed by atoms with Gasteiger partial charge < -0.3 is 20.1 Å². The number of carbonyl (C=O) groups excluding carboxylic acids is 1. The second kappa shape index (κ2) is 8.64. The molecular weight excluding hydrogens is 346 g/mol. The number of anilines is 1. The van der Waals surface area contributed by atoms with Crippen LogP contribution in [0.3, 0.4) is 0 Å². The predicted molar refractivity (Wildman–Crippen MR) is 91.9 cm³/mol. The minimum absolute atomic E-state index is 0.273. The molecule has 0 bridgehead atoms. The number of carbonyl (C=O) groups is 2. The molecule has 6 nitrogen and oxygen atoms in total. The zero-order valence-corrected chi connectivity index (χ0v) is 14.5. The summed E-state index contributed by atoms with van der Waals surface area (Å²) in [7, 11) is 0. The summed E-state index contributed by atoms with van der Waals surface area (Å²) in [5.41, 5.74) is -0.170. The lowest BCUT2D eigenvalue weighted by atomic mass is 9.84. The Morgan fingerprint density at radius 1 is 1.31 bits per heavy atom. The van der Waals surface area contributed by atoms with Gasteiger partial charge in [-0.2, -0.15) is 0 Å². The zero-order chi connectivity index (χ0) is 19.2. The third-order valence-corrected chi connectivity index (χ3v) is 4.37. The Morgan fingerprint density at radius 3 is 2.58 bits per heavy atom. The minimum atomic E-state index is -0.992. The third-order valence-electron chi connectivity index (χ3n) is 4.37. The lowest BCUT2D eigenvalue weighted by molar-refractivity contribution is -0.137. The van der Waals surface area contributed by atoms with Crippen molar-refractivity contribution in [1.82, 2.24) is 4.90 Å². The molecule has 0 aromatic heterocycles. The molecule has 1 heterocycles. The number of nitrogens with zero attached hydrogens (tertiary/aromatic N) is 1. The summed E-state index contributed by atoms with van der Waals surface area (Å²) in [4.78, 5) is 23.9. The number of ether oxygens (including phenoxy) is 1. The van der Waals surface area contributed by atoms with Crippen molar-refractivity contribution in [3.05, 3.63) is 42.0 Å². The van der Waals surface area contributed by atoms with Crippen LogP contribution in [0.1, 0.15) is 26.2 Å². The van der Waals surface area contributed by atoms with Gasteiger partial charge in [0.1, 0.15) is 0 Å². The van der Waals surface area contributed by atoms with Crippen molar-refractivity contribution in [2.75, 3.05) is 25.0 Å². The second-order valence-corrected chi connectivity index (χ2v) is 6.16. The van der Waals surface area contributed by atoms with Crippen molar-refractivity contribution in [2.24, 2.45) is 0 Å². The number of carboxylic acid groups (broad SMARTS) is 1. The van der Waals surface area contributed by atoms with Crippen LogP contribution >= 0.6 is 0 Å². The molecule has 2 rings (SSSR count). The Balaban J connectivity index is 2.14. The zero-order valence-electron chi connectivity index (χ0n) is 14.5. The van der Waals surface area contributed by atoms with E-state index < -0.39 is 29.2 Å². The van der Waals surface area contributed by atoms with Gasteiger partial charge in [-0.05, 0) is 38.3 Å². The van der Waals surface area contributed by atoms with Crippen LogP contribution in [0.25, 0.3) is 0 Å². The van der Waals surface area contributed by atoms with Crippen LogP contribution in [0, 0.1) is 11.6 Å². The highest BCUT2D eigenvalue weighted by Crippen LogP contribution is 2.31. The van der Waals surface area contributed by atoms with Crippen LogP contribution in [0.4, 0.5) is 19.3 Å². The number of halogens is 2. The van der Waals surface area contributed by atoms with E-state index >= 15 is 0 Å². The highest BCUT2D eigenvalue weighted by molar-refractivity contribution is 5.81. The molecule has 1 fully saturated rings. The Labute approximate surface area is 150 Å². The lowest BCUT2D eigenvalue weighted by Crippen LogP contribution is -2.50. The maximum absolute atomic E-state index is 13.5. The molecule has 0 saturated carbocycles. The molecule has 142 valence electrons. The topological polar surface area (TPSA) is 78.9 Å². The van der Waals surface area contributed by atoms with E-state index in [0.29, 0.717) is 38.0 Å². The van der Waals surface area contributed by atoms with E-state index in [1.807, 2.05) is 0 Å². The van der Waals surface area contributed by atoms with E-state index in [2.05, 4.69) is 5.32 Å². The Kier molecular flexibility index (Phi) is 6.54. The van der Waals surface area contributed by atoms with Crippen LogP contribution in [-0.2, 0) is 9.53 Å². The highest BCUT2D eigenvalue weighted by atomic mass is 19.2. The van der Waals surface area contributed by atoms with Gasteiger partial charge in [-0.25, -0.2) is 18.4 Å². The summed E-state index contributed by atoms with van der Waals surface area (Å²) in [5.74, 6) is -2.36. The van der Waals surface area contributed by atoms with E-state index in [1.165, 1.54) is 17.0 Å². The average molecular weight is 368 g/mol. The van der Waals surface area contributed by atoms with Crippen LogP contribution in [0.2, 0.25) is 0 Å². The summed E-state index contributed by atoms with van der Waals surface area (Å²) < 4.78 is 31.5. The molecule has 1 aromatic rings. The monoisotopic (exact) mass is 368 g/mol. The quantitative estimate of drug-likeness (QED) is 0.594. The summed E-state index contributed by atoms with van der Waals surface area (Å²) in [6.07, 6.45) is 3.33. The molecule has 0 atom stereocenters. The fraction of sp³-hybridized carbons (Fsp3) is 0.444. The van der Waals surface area contributed by atoms with Gasteiger partial charge >= 0.3 is 12.1 Å². The third kappa shape index (κ3) is 5.18. The molecule has 1 saturated heterocycles. The van der Waals surface area contributed by atoms with Gasteiger partial charge in [0.2, 0.25) is 0 Å². The molecule has 0 aliphatic carbocycles. The number of piperidine rings is 1. The number of amides is 1. The number of rotatable bonds is 6. The van der Waals surface area contributed by atoms with Gasteiger partial charge in [0.15, 0.2) is 11.6 Å². The van der Waals surface area contributed by atoms with Crippen molar-refractivity contribution in [1.29, 1.82) is 0 Å². The molecule has 8 heteroatoms. The van der Waals surface area contributed by atoms with Gasteiger partial charge in [0.05, 0.1) is 6.61 Å². The van der Waals surface area contributed by atoms with Gasteiger partial charge in [0.25, 0.3) is 0 Å². The fourth-order valence-electron chi connectivity index (χ4n) is 2.96. The maximum atomic E-state index is 13.5. The SMILES string of the molecule is CCOC(=O)C=CCC1(Nc2ccc(F)c(F)c2)CCN(C(=O)O)CC1. The number of esters is 1. The second-order valence-electron chi connectivity index (χ2n) is 6.16. The summed E-state index contributed by atoms with van der Waals surface area (Å²) >= 11 is 0. The first-order valence-corrected chi connectivity index (χ1v) is 8.39. The molecule has 1 aliphatic rings. The largest absolute Gasteiger partial charge is 0.465 e. The summed E-state index contributed by atoms with van der Waals surface area (Å²) in [6, 6.07) is 3.53. The molecule has 26 heavy (non-hydrogen) atoms. The molecule has 0 spiro atoms. The van der Waals surface area contributed by atoms with Gasteiger partial charge in [0, 0.05) is 36.5 Å². The number of nitrogens with one attached hydrogen (secondary N) is 1. The summed E-state index contributed by atoms with van der Waals surface area (Å²) in [5, 5.41) is 12.3. The van der Waals surface area contributed by atoms with Crippen LogP contribution < -0.4 is 5.32 Å². The van der Waals surface area contributed by atoms with E-state index in [-0.39, 0.29) is 6.61 Å². The number of likely N-dealkylation sites (tertiary alicyclic amines) is 1. The first-order chi connectivity index (χ1) is 12.3. The van der Waals surface area contributed by atoms with Crippen molar-refractivity contribution in [3.63, 3.8) is 0 Å². The van der Waals surface area contributed by atoms with Crippen LogP contribution in [0.15, 0.2) is 30.4 Å². The Bertz CT molecular complexity index is 686. The fourth-order valence-corrected chi connectivity index (χ4v) is 2.96. The van der Waals surface area contributed by atoms with Gasteiger partial charge in [-0.1, -0.05) is 6.08 Å². The lowest BCUT2D eigenvalue weighted by Gasteiger charge is -2.42. The van der Waals surface area contributed by atoms with Crippen LogP contribution in [-0.4, -0.2) is 47.3 Å². The van der Waals surface area contributed by atoms with E-state index in [4.69, 9.17) is 9.84 Å². The van der Waals surface area contributed by atoms with Gasteiger partial charge in [-0.3, -0.25) is 0 Å². The van der Waals surface area contributed by atoms with E-state index in [9.17, 15) is 18.4 Å². The molecule has 1 amide bonds. The highest BCUT2D eigenvalue weighted by Gasteiger charge is 2.35. The molecule has 1 aromatic carbocycles. The smallest absolute Gasteiger partial charge is 0.407 e. The average Bonchev–Trinajstić information content (AvgIpc) is 2.59. The van der Waals surface area contributed by atoms with Gasteiger partial charge in [-0.15, -0.1) is 0 Å². The molecule has 0 unspecified atom stereocenters.